The highest BCUT2D eigenvalue weighted by molar-refractivity contribution is 5.91. The first-order chi connectivity index (χ1) is 14.1. The van der Waals surface area contributed by atoms with E-state index >= 15 is 0 Å². The van der Waals surface area contributed by atoms with Crippen LogP contribution in [0.25, 0.3) is 6.08 Å². The van der Waals surface area contributed by atoms with Gasteiger partial charge < -0.3 is 15.5 Å². The predicted octanol–water partition coefficient (Wildman–Crippen LogP) is 2.94. The van der Waals surface area contributed by atoms with E-state index in [1.807, 2.05) is 30.3 Å². The highest BCUT2D eigenvalue weighted by Gasteiger charge is 2.54. The van der Waals surface area contributed by atoms with E-state index in [4.69, 9.17) is 0 Å². The van der Waals surface area contributed by atoms with Crippen LogP contribution in [0.4, 0.5) is 11.4 Å². The molecule has 1 aromatic heterocycles. The number of fused-ring (bicyclic) bond motifs is 1. The topological polar surface area (TPSA) is 74.3 Å². The van der Waals surface area contributed by atoms with Crippen LogP contribution in [-0.4, -0.2) is 36.4 Å². The van der Waals surface area contributed by atoms with Crippen molar-refractivity contribution in [1.29, 1.82) is 0 Å². The first kappa shape index (κ1) is 19.2. The Kier molecular flexibility index (Phi) is 5.60. The molecule has 6 nitrogen and oxygen atoms in total. The number of benzene rings is 1. The molecule has 2 atom stereocenters. The van der Waals surface area contributed by atoms with Gasteiger partial charge in [0.05, 0.1) is 0 Å². The van der Waals surface area contributed by atoms with E-state index in [2.05, 4.69) is 26.6 Å². The van der Waals surface area contributed by atoms with Crippen molar-refractivity contribution in [3.63, 3.8) is 0 Å². The molecule has 6 heteroatoms. The van der Waals surface area contributed by atoms with Crippen molar-refractivity contribution in [3.8, 4) is 0 Å². The molecular formula is C23H26N4O2. The summed E-state index contributed by atoms with van der Waals surface area (Å²) in [6.07, 6.45) is 7.81. The van der Waals surface area contributed by atoms with E-state index in [0.29, 0.717) is 24.3 Å². The molecule has 2 unspecified atom stereocenters. The molecule has 1 aromatic carbocycles. The number of pyridine rings is 1. The number of nitrogens with zero attached hydrogens (tertiary/aromatic N) is 2. The summed E-state index contributed by atoms with van der Waals surface area (Å²) in [6, 6.07) is 11.8. The lowest BCUT2D eigenvalue weighted by Gasteiger charge is -2.22. The Hall–Kier alpha value is -3.15. The first-order valence-corrected chi connectivity index (χ1v) is 10.1. The Morgan fingerprint density at radius 3 is 2.76 bits per heavy atom. The van der Waals surface area contributed by atoms with Crippen LogP contribution in [0.5, 0.6) is 0 Å². The Bertz CT molecular complexity index is 900. The average molecular weight is 390 g/mol. The molecule has 2 N–H and O–H groups in total. The van der Waals surface area contributed by atoms with Crippen LogP contribution in [0.3, 0.4) is 0 Å². The number of carbonyl (C=O) groups excluding carboxylic acids is 2. The standard InChI is InChI=1S/C23H26N4O2/c1-16(28)26-18-5-2-6-19(12-18)27-14-21-20(22(21)15-27)9-11-25-23(29)8-7-17-4-3-10-24-13-17/h2-8,10,12-13,20-22H,9,11,14-15H2,1H3,(H,25,29)(H,26,28)/b8-7+. The van der Waals surface area contributed by atoms with E-state index in [0.717, 1.165) is 36.4 Å². The second kappa shape index (κ2) is 8.47. The number of amides is 2. The normalized spacial score (nSPS) is 22.4. The van der Waals surface area contributed by atoms with Gasteiger partial charge in [-0.1, -0.05) is 12.1 Å². The van der Waals surface area contributed by atoms with Gasteiger partial charge in [0.1, 0.15) is 0 Å². The molecule has 2 aliphatic rings. The maximum absolute atomic E-state index is 12.0. The van der Waals surface area contributed by atoms with E-state index in [1.54, 1.807) is 24.5 Å². The summed E-state index contributed by atoms with van der Waals surface area (Å²) in [5, 5.41) is 5.83. The van der Waals surface area contributed by atoms with Crippen molar-refractivity contribution in [2.45, 2.75) is 13.3 Å². The van der Waals surface area contributed by atoms with E-state index in [-0.39, 0.29) is 11.8 Å². The van der Waals surface area contributed by atoms with Crippen LogP contribution in [-0.2, 0) is 9.59 Å². The van der Waals surface area contributed by atoms with E-state index in [9.17, 15) is 9.59 Å². The van der Waals surface area contributed by atoms with Gasteiger partial charge >= 0.3 is 0 Å². The maximum Gasteiger partial charge on any atom is 0.244 e. The lowest BCUT2D eigenvalue weighted by molar-refractivity contribution is -0.116. The number of hydrogen-bond donors (Lipinski definition) is 2. The lowest BCUT2D eigenvalue weighted by atomic mass is 10.1. The molecule has 0 radical (unpaired) electrons. The monoisotopic (exact) mass is 390 g/mol. The zero-order chi connectivity index (χ0) is 20.2. The van der Waals surface area contributed by atoms with Gasteiger partial charge in [-0.05, 0) is 60.1 Å². The fraction of sp³-hybridized carbons (Fsp3) is 0.348. The quantitative estimate of drug-likeness (QED) is 0.713. The second-order valence-electron chi connectivity index (χ2n) is 7.83. The molecule has 2 amide bonds. The van der Waals surface area contributed by atoms with Crippen molar-refractivity contribution >= 4 is 29.3 Å². The van der Waals surface area contributed by atoms with Crippen molar-refractivity contribution in [1.82, 2.24) is 10.3 Å². The van der Waals surface area contributed by atoms with Crippen LogP contribution in [0.1, 0.15) is 18.9 Å². The van der Waals surface area contributed by atoms with Gasteiger partial charge in [-0.2, -0.15) is 0 Å². The van der Waals surface area contributed by atoms with Crippen molar-refractivity contribution in [2.24, 2.45) is 17.8 Å². The Labute approximate surface area is 171 Å². The molecule has 1 saturated carbocycles. The summed E-state index contributed by atoms with van der Waals surface area (Å²) in [4.78, 5) is 29.6. The fourth-order valence-electron chi connectivity index (χ4n) is 4.34. The zero-order valence-electron chi connectivity index (χ0n) is 16.5. The SMILES string of the molecule is CC(=O)Nc1cccc(N2CC3C(CCNC(=O)/C=C/c4cccnc4)C3C2)c1. The molecule has 1 aliphatic carbocycles. The van der Waals surface area contributed by atoms with E-state index < -0.39 is 0 Å². The highest BCUT2D eigenvalue weighted by atomic mass is 16.2. The Morgan fingerprint density at radius 2 is 2.03 bits per heavy atom. The fourth-order valence-corrected chi connectivity index (χ4v) is 4.34. The molecule has 4 rings (SSSR count). The third-order valence-corrected chi connectivity index (χ3v) is 5.79. The van der Waals surface area contributed by atoms with Crippen molar-refractivity contribution in [2.75, 3.05) is 29.9 Å². The van der Waals surface area contributed by atoms with Gasteiger partial charge in [-0.15, -0.1) is 0 Å². The summed E-state index contributed by atoms with van der Waals surface area (Å²) in [5.74, 6) is 2.01. The number of anilines is 2. The summed E-state index contributed by atoms with van der Waals surface area (Å²) in [7, 11) is 0. The number of aromatic nitrogens is 1. The van der Waals surface area contributed by atoms with Crippen molar-refractivity contribution in [3.05, 3.63) is 60.4 Å². The van der Waals surface area contributed by atoms with Crippen LogP contribution < -0.4 is 15.5 Å². The zero-order valence-corrected chi connectivity index (χ0v) is 16.5. The second-order valence-corrected chi connectivity index (χ2v) is 7.83. The third-order valence-electron chi connectivity index (χ3n) is 5.79. The number of carbonyl (C=O) groups is 2. The molecule has 1 aliphatic heterocycles. The molecule has 2 fully saturated rings. The minimum Gasteiger partial charge on any atom is -0.371 e. The van der Waals surface area contributed by atoms with Gasteiger partial charge in [0.25, 0.3) is 0 Å². The van der Waals surface area contributed by atoms with Gasteiger partial charge in [0, 0.05) is 56.4 Å². The van der Waals surface area contributed by atoms with Crippen LogP contribution in [0.15, 0.2) is 54.9 Å². The molecule has 0 spiro atoms. The number of rotatable bonds is 7. The summed E-state index contributed by atoms with van der Waals surface area (Å²) < 4.78 is 0. The molecule has 150 valence electrons. The smallest absolute Gasteiger partial charge is 0.244 e. The Morgan fingerprint density at radius 1 is 1.21 bits per heavy atom. The molecule has 0 bridgehead atoms. The van der Waals surface area contributed by atoms with Crippen molar-refractivity contribution < 1.29 is 9.59 Å². The largest absolute Gasteiger partial charge is 0.371 e. The van der Waals surface area contributed by atoms with Crippen LogP contribution >= 0.6 is 0 Å². The molecule has 1 saturated heterocycles. The van der Waals surface area contributed by atoms with E-state index in [1.165, 1.54) is 6.92 Å². The summed E-state index contributed by atoms with van der Waals surface area (Å²) >= 11 is 0. The predicted molar refractivity (Wildman–Crippen MR) is 114 cm³/mol. The highest BCUT2D eigenvalue weighted by Crippen LogP contribution is 2.54. The number of nitrogens with one attached hydrogen (secondary N) is 2. The minimum atomic E-state index is -0.0592. The summed E-state index contributed by atoms with van der Waals surface area (Å²) in [6.45, 7) is 4.34. The summed E-state index contributed by atoms with van der Waals surface area (Å²) in [5.41, 5.74) is 2.92. The average Bonchev–Trinajstić information content (AvgIpc) is 3.16. The number of piperidine rings is 1. The van der Waals surface area contributed by atoms with Gasteiger partial charge in [0.2, 0.25) is 11.8 Å². The van der Waals surface area contributed by atoms with Gasteiger partial charge in [0.15, 0.2) is 0 Å². The molecule has 2 heterocycles. The Balaban J connectivity index is 1.19. The first-order valence-electron chi connectivity index (χ1n) is 10.1. The van der Waals surface area contributed by atoms with Crippen LogP contribution in [0.2, 0.25) is 0 Å². The van der Waals surface area contributed by atoms with Gasteiger partial charge in [-0.3, -0.25) is 14.6 Å². The third kappa shape index (κ3) is 4.83. The van der Waals surface area contributed by atoms with Crippen LogP contribution in [0, 0.1) is 17.8 Å². The lowest BCUT2D eigenvalue weighted by Crippen LogP contribution is -2.26. The molecule has 29 heavy (non-hydrogen) atoms. The molecule has 2 aromatic rings. The van der Waals surface area contributed by atoms with Gasteiger partial charge in [-0.25, -0.2) is 0 Å². The minimum absolute atomic E-state index is 0.0520. The molecular weight excluding hydrogens is 364 g/mol. The number of hydrogen-bond acceptors (Lipinski definition) is 4. The maximum atomic E-state index is 12.0.